The topological polar surface area (TPSA) is 70.1 Å². The third-order valence-electron chi connectivity index (χ3n) is 2.87. The zero-order chi connectivity index (χ0) is 14.1. The molecule has 0 saturated carbocycles. The van der Waals surface area contributed by atoms with Crippen LogP contribution >= 0.6 is 11.6 Å². The maximum Gasteiger partial charge on any atom is 0.224 e. The molecule has 5 nitrogen and oxygen atoms in total. The summed E-state index contributed by atoms with van der Waals surface area (Å²) in [5, 5.41) is 15.9. The van der Waals surface area contributed by atoms with Gasteiger partial charge in [0.15, 0.2) is 0 Å². The molecule has 3 N–H and O–H groups in total. The molecule has 1 aromatic heterocycles. The van der Waals surface area contributed by atoms with Gasteiger partial charge in [0.2, 0.25) is 5.95 Å². The fourth-order valence-electron chi connectivity index (χ4n) is 1.91. The highest BCUT2D eigenvalue weighted by Crippen LogP contribution is 2.20. The van der Waals surface area contributed by atoms with Crippen LogP contribution in [0.1, 0.15) is 33.1 Å². The van der Waals surface area contributed by atoms with E-state index in [2.05, 4.69) is 27.5 Å². The first-order valence-corrected chi connectivity index (χ1v) is 7.20. The second kappa shape index (κ2) is 8.93. The van der Waals surface area contributed by atoms with Crippen LogP contribution in [0.3, 0.4) is 0 Å². The normalized spacial score (nSPS) is 12.2. The van der Waals surface area contributed by atoms with Crippen molar-refractivity contribution in [3.05, 3.63) is 11.2 Å². The highest BCUT2D eigenvalue weighted by atomic mass is 35.5. The van der Waals surface area contributed by atoms with Gasteiger partial charge in [0.25, 0.3) is 0 Å². The predicted octanol–water partition coefficient (Wildman–Crippen LogP) is 2.77. The summed E-state index contributed by atoms with van der Waals surface area (Å²) in [7, 11) is 0. The average Bonchev–Trinajstić information content (AvgIpc) is 2.40. The lowest BCUT2D eigenvalue weighted by Crippen LogP contribution is -2.17. The zero-order valence-electron chi connectivity index (χ0n) is 11.6. The fraction of sp³-hybridized carbons (Fsp3) is 0.692. The predicted molar refractivity (Wildman–Crippen MR) is 79.8 cm³/mol. The van der Waals surface area contributed by atoms with Crippen molar-refractivity contribution in [2.24, 2.45) is 5.92 Å². The number of hydrogen-bond donors (Lipinski definition) is 3. The lowest BCUT2D eigenvalue weighted by atomic mass is 10.0. The largest absolute Gasteiger partial charge is 0.396 e. The molecule has 1 atom stereocenters. The van der Waals surface area contributed by atoms with Crippen molar-refractivity contribution in [2.75, 3.05) is 30.3 Å². The Morgan fingerprint density at radius 3 is 2.74 bits per heavy atom. The smallest absolute Gasteiger partial charge is 0.224 e. The van der Waals surface area contributed by atoms with Gasteiger partial charge in [-0.05, 0) is 25.7 Å². The van der Waals surface area contributed by atoms with Crippen LogP contribution < -0.4 is 10.6 Å². The van der Waals surface area contributed by atoms with E-state index in [4.69, 9.17) is 16.7 Å². The van der Waals surface area contributed by atoms with Gasteiger partial charge in [0.05, 0.1) is 6.20 Å². The van der Waals surface area contributed by atoms with Crippen LogP contribution in [0, 0.1) is 5.92 Å². The average molecular weight is 287 g/mol. The second-order valence-corrected chi connectivity index (χ2v) is 4.88. The minimum absolute atomic E-state index is 0.215. The van der Waals surface area contributed by atoms with E-state index < -0.39 is 0 Å². The molecule has 0 aliphatic rings. The van der Waals surface area contributed by atoms with Crippen LogP contribution in [0.15, 0.2) is 6.20 Å². The molecule has 19 heavy (non-hydrogen) atoms. The summed E-state index contributed by atoms with van der Waals surface area (Å²) in [5.74, 6) is 1.65. The molecule has 0 spiro atoms. The molecular weight excluding hydrogens is 264 g/mol. The molecule has 0 bridgehead atoms. The van der Waals surface area contributed by atoms with Crippen molar-refractivity contribution in [1.29, 1.82) is 0 Å². The number of aromatic nitrogens is 2. The van der Waals surface area contributed by atoms with Crippen LogP contribution in [-0.4, -0.2) is 34.8 Å². The molecule has 0 saturated heterocycles. The number of anilines is 2. The van der Waals surface area contributed by atoms with Gasteiger partial charge in [-0.2, -0.15) is 4.98 Å². The first kappa shape index (κ1) is 16.0. The maximum atomic E-state index is 9.04. The SMILES string of the molecule is CCCC(CCO)CNc1nc(NCC)ncc1Cl. The van der Waals surface area contributed by atoms with E-state index in [1.165, 1.54) is 0 Å². The Balaban J connectivity index is 2.61. The zero-order valence-corrected chi connectivity index (χ0v) is 12.4. The van der Waals surface area contributed by atoms with Gasteiger partial charge in [-0.1, -0.05) is 24.9 Å². The lowest BCUT2D eigenvalue weighted by Gasteiger charge is -2.16. The van der Waals surface area contributed by atoms with Crippen molar-refractivity contribution in [3.8, 4) is 0 Å². The third kappa shape index (κ3) is 5.61. The van der Waals surface area contributed by atoms with Crippen molar-refractivity contribution in [3.63, 3.8) is 0 Å². The number of nitrogens with zero attached hydrogens (tertiary/aromatic N) is 2. The molecule has 6 heteroatoms. The minimum atomic E-state index is 0.215. The molecule has 108 valence electrons. The summed E-state index contributed by atoms with van der Waals surface area (Å²) < 4.78 is 0. The first-order chi connectivity index (χ1) is 9.21. The highest BCUT2D eigenvalue weighted by molar-refractivity contribution is 6.32. The summed E-state index contributed by atoms with van der Waals surface area (Å²) in [4.78, 5) is 8.42. The lowest BCUT2D eigenvalue weighted by molar-refractivity contribution is 0.255. The summed E-state index contributed by atoms with van der Waals surface area (Å²) in [5.41, 5.74) is 0. The molecule has 0 aliphatic carbocycles. The molecule has 1 heterocycles. The Labute approximate surface area is 119 Å². The van der Waals surface area contributed by atoms with Gasteiger partial charge >= 0.3 is 0 Å². The van der Waals surface area contributed by atoms with Crippen LogP contribution in [0.25, 0.3) is 0 Å². The van der Waals surface area contributed by atoms with E-state index >= 15 is 0 Å². The monoisotopic (exact) mass is 286 g/mol. The summed E-state index contributed by atoms with van der Waals surface area (Å²) in [6.45, 7) is 5.88. The number of hydrogen-bond acceptors (Lipinski definition) is 5. The van der Waals surface area contributed by atoms with Crippen LogP contribution in [0.5, 0.6) is 0 Å². The van der Waals surface area contributed by atoms with Crippen molar-refractivity contribution < 1.29 is 5.11 Å². The van der Waals surface area contributed by atoms with E-state index in [9.17, 15) is 0 Å². The molecule has 1 unspecified atom stereocenters. The van der Waals surface area contributed by atoms with Gasteiger partial charge in [-0.25, -0.2) is 4.98 Å². The summed E-state index contributed by atoms with van der Waals surface area (Å²) >= 11 is 6.07. The standard InChI is InChI=1S/C13H23ClN4O/c1-3-5-10(6-7-19)8-16-12-11(14)9-17-13(18-12)15-4-2/h9-10,19H,3-8H2,1-2H3,(H2,15,16,17,18). The molecule has 0 aliphatic heterocycles. The first-order valence-electron chi connectivity index (χ1n) is 6.82. The number of nitrogens with one attached hydrogen (secondary N) is 2. The van der Waals surface area contributed by atoms with E-state index in [-0.39, 0.29) is 6.61 Å². The van der Waals surface area contributed by atoms with E-state index in [1.807, 2.05) is 6.92 Å². The van der Waals surface area contributed by atoms with Gasteiger partial charge in [-0.15, -0.1) is 0 Å². The summed E-state index contributed by atoms with van der Waals surface area (Å²) in [6, 6.07) is 0. The maximum absolute atomic E-state index is 9.04. The quantitative estimate of drug-likeness (QED) is 0.651. The Bertz CT molecular complexity index is 370. The number of rotatable bonds is 9. The van der Waals surface area contributed by atoms with E-state index in [1.54, 1.807) is 6.20 Å². The Morgan fingerprint density at radius 1 is 1.32 bits per heavy atom. The summed E-state index contributed by atoms with van der Waals surface area (Å²) in [6.07, 6.45) is 4.57. The van der Waals surface area contributed by atoms with Crippen molar-refractivity contribution >= 4 is 23.4 Å². The Morgan fingerprint density at radius 2 is 2.11 bits per heavy atom. The van der Waals surface area contributed by atoms with E-state index in [0.29, 0.717) is 22.7 Å². The van der Waals surface area contributed by atoms with Crippen LogP contribution in [0.2, 0.25) is 5.02 Å². The number of aliphatic hydroxyl groups excluding tert-OH is 1. The Kier molecular flexibility index (Phi) is 7.52. The molecular formula is C13H23ClN4O. The molecule has 0 fully saturated rings. The van der Waals surface area contributed by atoms with Crippen LogP contribution in [-0.2, 0) is 0 Å². The molecule has 1 rings (SSSR count). The van der Waals surface area contributed by atoms with Crippen LogP contribution in [0.4, 0.5) is 11.8 Å². The fourth-order valence-corrected chi connectivity index (χ4v) is 2.07. The molecule has 1 aromatic rings. The van der Waals surface area contributed by atoms with Gasteiger partial charge < -0.3 is 15.7 Å². The molecule has 0 aromatic carbocycles. The molecule has 0 radical (unpaired) electrons. The van der Waals surface area contributed by atoms with E-state index in [0.717, 1.165) is 32.4 Å². The van der Waals surface area contributed by atoms with Gasteiger partial charge in [0.1, 0.15) is 10.8 Å². The van der Waals surface area contributed by atoms with Gasteiger partial charge in [-0.3, -0.25) is 0 Å². The Hall–Kier alpha value is -1.07. The van der Waals surface area contributed by atoms with Gasteiger partial charge in [0, 0.05) is 19.7 Å². The van der Waals surface area contributed by atoms with Crippen molar-refractivity contribution in [1.82, 2.24) is 9.97 Å². The third-order valence-corrected chi connectivity index (χ3v) is 3.15. The second-order valence-electron chi connectivity index (χ2n) is 4.47. The number of halogens is 1. The number of aliphatic hydroxyl groups is 1. The minimum Gasteiger partial charge on any atom is -0.396 e. The molecule has 0 amide bonds. The highest BCUT2D eigenvalue weighted by Gasteiger charge is 2.10. The van der Waals surface area contributed by atoms with Crippen molar-refractivity contribution in [2.45, 2.75) is 33.1 Å².